The number of nitrogens with one attached hydrogen (secondary N) is 1. The van der Waals surface area contributed by atoms with E-state index in [1.165, 1.54) is 0 Å². The van der Waals surface area contributed by atoms with E-state index in [4.69, 9.17) is 0 Å². The van der Waals surface area contributed by atoms with Crippen LogP contribution in [-0.4, -0.2) is 11.8 Å². The fourth-order valence-electron chi connectivity index (χ4n) is 2.36. The molecule has 120 valence electrons. The van der Waals surface area contributed by atoms with Gasteiger partial charge in [0.2, 0.25) is 0 Å². The molecule has 0 fully saturated rings. The zero-order chi connectivity index (χ0) is 16.7. The van der Waals surface area contributed by atoms with E-state index in [0.717, 1.165) is 16.8 Å². The van der Waals surface area contributed by atoms with Crippen molar-refractivity contribution in [3.05, 3.63) is 65.7 Å². The Hall–Kier alpha value is -2.62. The fraction of sp³-hybridized carbons (Fsp3) is 0.263. The minimum atomic E-state index is -1.19. The molecule has 2 aromatic rings. The summed E-state index contributed by atoms with van der Waals surface area (Å²) < 4.78 is 0. The number of carboxylic acid groups (broad SMARTS) is 1. The van der Waals surface area contributed by atoms with Crippen LogP contribution in [0.25, 0.3) is 0 Å². The number of rotatable bonds is 8. The molecule has 0 amide bonds. The van der Waals surface area contributed by atoms with Gasteiger partial charge in [-0.15, -0.1) is 0 Å². The van der Waals surface area contributed by atoms with Crippen LogP contribution < -0.4 is 10.4 Å². The third kappa shape index (κ3) is 5.58. The zero-order valence-corrected chi connectivity index (χ0v) is 13.1. The SMILES string of the molecule is Cc1ccc(N[C@@H](CC(=O)CCC(=O)[O-])c2ccccc2)cc1. The highest BCUT2D eigenvalue weighted by atomic mass is 16.4. The van der Waals surface area contributed by atoms with Gasteiger partial charge in [0.15, 0.2) is 0 Å². The Labute approximate surface area is 136 Å². The van der Waals surface area contributed by atoms with Gasteiger partial charge in [-0.3, -0.25) is 4.79 Å². The van der Waals surface area contributed by atoms with Crippen LogP contribution in [0.2, 0.25) is 0 Å². The number of hydrogen-bond acceptors (Lipinski definition) is 4. The van der Waals surface area contributed by atoms with Crippen molar-refractivity contribution >= 4 is 17.4 Å². The van der Waals surface area contributed by atoms with Crippen LogP contribution in [-0.2, 0) is 9.59 Å². The second kappa shape index (κ2) is 8.13. The van der Waals surface area contributed by atoms with E-state index < -0.39 is 5.97 Å². The van der Waals surface area contributed by atoms with Gasteiger partial charge in [-0.05, 0) is 31.0 Å². The first-order chi connectivity index (χ1) is 11.0. The van der Waals surface area contributed by atoms with Crippen molar-refractivity contribution in [2.45, 2.75) is 32.2 Å². The number of carbonyl (C=O) groups is 2. The predicted molar refractivity (Wildman–Crippen MR) is 87.8 cm³/mol. The van der Waals surface area contributed by atoms with Crippen LogP contribution in [0.1, 0.15) is 36.4 Å². The second-order valence-corrected chi connectivity index (χ2v) is 5.59. The number of Topliss-reactive ketones (excluding diaryl/α,β-unsaturated/α-hetero) is 1. The molecule has 23 heavy (non-hydrogen) atoms. The lowest BCUT2D eigenvalue weighted by Gasteiger charge is -2.20. The summed E-state index contributed by atoms with van der Waals surface area (Å²) in [5, 5.41) is 13.9. The summed E-state index contributed by atoms with van der Waals surface area (Å²) in [6.45, 7) is 2.02. The number of benzene rings is 2. The topological polar surface area (TPSA) is 69.2 Å². The number of ketones is 1. The number of hydrogen-bond donors (Lipinski definition) is 1. The van der Waals surface area contributed by atoms with Crippen LogP contribution in [0.3, 0.4) is 0 Å². The lowest BCUT2D eigenvalue weighted by Crippen LogP contribution is -2.23. The number of carboxylic acids is 1. The predicted octanol–water partition coefficient (Wildman–Crippen LogP) is 2.64. The van der Waals surface area contributed by atoms with Crippen LogP contribution >= 0.6 is 0 Å². The molecule has 0 aromatic heterocycles. The fourth-order valence-corrected chi connectivity index (χ4v) is 2.36. The van der Waals surface area contributed by atoms with Crippen molar-refractivity contribution < 1.29 is 14.7 Å². The highest BCUT2D eigenvalue weighted by Gasteiger charge is 2.15. The minimum absolute atomic E-state index is 0.00123. The summed E-state index contributed by atoms with van der Waals surface area (Å²) in [4.78, 5) is 22.5. The van der Waals surface area contributed by atoms with Crippen molar-refractivity contribution in [2.75, 3.05) is 5.32 Å². The van der Waals surface area contributed by atoms with E-state index in [2.05, 4.69) is 5.32 Å². The van der Waals surface area contributed by atoms with E-state index in [1.807, 2.05) is 61.5 Å². The number of aryl methyl sites for hydroxylation is 1. The molecule has 0 aliphatic heterocycles. The van der Waals surface area contributed by atoms with Crippen molar-refractivity contribution in [3.8, 4) is 0 Å². The molecule has 4 heteroatoms. The van der Waals surface area contributed by atoms with E-state index in [0.29, 0.717) is 0 Å². The van der Waals surface area contributed by atoms with E-state index in [1.54, 1.807) is 0 Å². The quantitative estimate of drug-likeness (QED) is 0.814. The van der Waals surface area contributed by atoms with Gasteiger partial charge in [-0.2, -0.15) is 0 Å². The maximum absolute atomic E-state index is 12.0. The Kier molecular flexibility index (Phi) is 5.92. The van der Waals surface area contributed by atoms with Gasteiger partial charge < -0.3 is 15.2 Å². The van der Waals surface area contributed by atoms with Gasteiger partial charge in [0.25, 0.3) is 0 Å². The zero-order valence-electron chi connectivity index (χ0n) is 13.1. The Bertz CT molecular complexity index is 650. The van der Waals surface area contributed by atoms with Gasteiger partial charge in [-0.25, -0.2) is 0 Å². The van der Waals surface area contributed by atoms with E-state index in [9.17, 15) is 14.7 Å². The van der Waals surface area contributed by atoms with Gasteiger partial charge in [-0.1, -0.05) is 48.0 Å². The lowest BCUT2D eigenvalue weighted by atomic mass is 9.99. The van der Waals surface area contributed by atoms with E-state index in [-0.39, 0.29) is 31.1 Å². The molecule has 1 atom stereocenters. The molecule has 2 rings (SSSR count). The van der Waals surface area contributed by atoms with Crippen LogP contribution in [0, 0.1) is 6.92 Å². The van der Waals surface area contributed by atoms with E-state index >= 15 is 0 Å². The summed E-state index contributed by atoms with van der Waals surface area (Å²) in [7, 11) is 0. The molecule has 2 aromatic carbocycles. The largest absolute Gasteiger partial charge is 0.550 e. The molecular weight excluding hydrogens is 290 g/mol. The first kappa shape index (κ1) is 16.7. The van der Waals surface area contributed by atoms with Crippen molar-refractivity contribution in [1.82, 2.24) is 0 Å². The molecule has 0 unspecified atom stereocenters. The van der Waals surface area contributed by atoms with Crippen molar-refractivity contribution in [3.63, 3.8) is 0 Å². The normalized spacial score (nSPS) is 11.7. The van der Waals surface area contributed by atoms with Crippen LogP contribution in [0.4, 0.5) is 5.69 Å². The average Bonchev–Trinajstić information content (AvgIpc) is 2.55. The highest BCUT2D eigenvalue weighted by molar-refractivity contribution is 5.82. The second-order valence-electron chi connectivity index (χ2n) is 5.59. The molecule has 0 saturated heterocycles. The number of anilines is 1. The van der Waals surface area contributed by atoms with Crippen molar-refractivity contribution in [1.29, 1.82) is 0 Å². The Morgan fingerprint density at radius 2 is 1.65 bits per heavy atom. The third-order valence-electron chi connectivity index (χ3n) is 3.63. The number of carbonyl (C=O) groups excluding carboxylic acids is 2. The summed E-state index contributed by atoms with van der Waals surface area (Å²) >= 11 is 0. The molecule has 0 saturated carbocycles. The standard InChI is InChI=1S/C19H21NO3/c1-14-7-9-16(10-8-14)20-18(15-5-3-2-4-6-15)13-17(21)11-12-19(22)23/h2-10,18,20H,11-13H2,1H3,(H,22,23)/p-1/t18-/m0/s1. The summed E-state index contributed by atoms with van der Waals surface area (Å²) in [6, 6.07) is 17.4. The average molecular weight is 310 g/mol. The minimum Gasteiger partial charge on any atom is -0.550 e. The first-order valence-electron chi connectivity index (χ1n) is 7.64. The Morgan fingerprint density at radius 1 is 1.00 bits per heavy atom. The molecule has 1 N–H and O–H groups in total. The van der Waals surface area contributed by atoms with Crippen molar-refractivity contribution in [2.24, 2.45) is 0 Å². The van der Waals surface area contributed by atoms with Gasteiger partial charge >= 0.3 is 0 Å². The summed E-state index contributed by atoms with van der Waals surface area (Å²) in [6.07, 6.45) is 0.0112. The lowest BCUT2D eigenvalue weighted by molar-refractivity contribution is -0.305. The van der Waals surface area contributed by atoms with Crippen LogP contribution in [0.5, 0.6) is 0 Å². The molecule has 0 heterocycles. The van der Waals surface area contributed by atoms with Gasteiger partial charge in [0.05, 0.1) is 6.04 Å². The molecule has 0 spiro atoms. The summed E-state index contributed by atoms with van der Waals surface area (Å²) in [5.74, 6) is -1.29. The third-order valence-corrected chi connectivity index (χ3v) is 3.63. The van der Waals surface area contributed by atoms with Gasteiger partial charge in [0, 0.05) is 24.5 Å². The molecule has 0 radical (unpaired) electrons. The molecular formula is C19H20NO3-. The van der Waals surface area contributed by atoms with Crippen LogP contribution in [0.15, 0.2) is 54.6 Å². The molecule has 0 aliphatic carbocycles. The number of aliphatic carboxylic acids is 1. The molecule has 4 nitrogen and oxygen atoms in total. The Balaban J connectivity index is 2.10. The first-order valence-corrected chi connectivity index (χ1v) is 7.64. The molecule has 0 bridgehead atoms. The monoisotopic (exact) mass is 310 g/mol. The highest BCUT2D eigenvalue weighted by Crippen LogP contribution is 2.24. The smallest absolute Gasteiger partial charge is 0.135 e. The maximum atomic E-state index is 12.0. The Morgan fingerprint density at radius 3 is 2.26 bits per heavy atom. The molecule has 0 aliphatic rings. The maximum Gasteiger partial charge on any atom is 0.135 e. The summed E-state index contributed by atoms with van der Waals surface area (Å²) in [5.41, 5.74) is 3.09. The van der Waals surface area contributed by atoms with Gasteiger partial charge in [0.1, 0.15) is 5.78 Å².